The zero-order valence-electron chi connectivity index (χ0n) is 16.2. The number of hydrogen-bond donors (Lipinski definition) is 3. The molecular weight excluding hydrogens is 413 g/mol. The summed E-state index contributed by atoms with van der Waals surface area (Å²) >= 11 is 12.7. The molecule has 2 aromatic carbocycles. The number of hydrogen-bond acceptors (Lipinski definition) is 3. The molecule has 0 radical (unpaired) electrons. The van der Waals surface area contributed by atoms with Crippen LogP contribution in [0.2, 0.25) is 10.0 Å². The van der Waals surface area contributed by atoms with Crippen molar-refractivity contribution in [3.05, 3.63) is 63.1 Å². The van der Waals surface area contributed by atoms with Crippen LogP contribution in [0.25, 0.3) is 0 Å². The van der Waals surface area contributed by atoms with E-state index < -0.39 is 18.0 Å². The molecule has 1 aliphatic heterocycles. The Kier molecular flexibility index (Phi) is 6.67. The molecule has 0 bridgehead atoms. The van der Waals surface area contributed by atoms with Crippen LogP contribution in [0.5, 0.6) is 0 Å². The lowest BCUT2D eigenvalue weighted by Gasteiger charge is -2.33. The Labute approximate surface area is 179 Å². The second kappa shape index (κ2) is 9.03. The minimum Gasteiger partial charge on any atom is -0.480 e. The van der Waals surface area contributed by atoms with Gasteiger partial charge in [0.25, 0.3) is 0 Å². The lowest BCUT2D eigenvalue weighted by atomic mass is 9.84. The van der Waals surface area contributed by atoms with Gasteiger partial charge in [-0.05, 0) is 54.4 Å². The number of nitrogens with zero attached hydrogens (tertiary/aromatic N) is 1. The number of carbonyl (C=O) groups is 2. The first-order valence-corrected chi connectivity index (χ1v) is 10.1. The number of carboxylic acids is 1. The fraction of sp³-hybridized carbons (Fsp3) is 0.333. The van der Waals surface area contributed by atoms with Crippen molar-refractivity contribution in [3.63, 3.8) is 0 Å². The number of benzene rings is 2. The van der Waals surface area contributed by atoms with Crippen molar-refractivity contribution in [3.8, 4) is 0 Å². The topological polar surface area (TPSA) is 81.7 Å². The second-order valence-electron chi connectivity index (χ2n) is 7.23. The number of anilines is 1. The van der Waals surface area contributed by atoms with E-state index in [-0.39, 0.29) is 5.92 Å². The SMILES string of the molecule is CCC(NC(=O)Nc1cccc([C@@H]2CN(C)Cc3c(Cl)cc(Cl)cc32)c1)C(=O)O. The first-order valence-electron chi connectivity index (χ1n) is 9.35. The Morgan fingerprint density at radius 3 is 2.72 bits per heavy atom. The van der Waals surface area contributed by atoms with Gasteiger partial charge in [-0.25, -0.2) is 9.59 Å². The minimum absolute atomic E-state index is 0.0483. The van der Waals surface area contributed by atoms with Gasteiger partial charge < -0.3 is 20.6 Å². The molecule has 29 heavy (non-hydrogen) atoms. The first-order chi connectivity index (χ1) is 13.8. The van der Waals surface area contributed by atoms with E-state index >= 15 is 0 Å². The summed E-state index contributed by atoms with van der Waals surface area (Å²) in [6, 6.07) is 9.74. The largest absolute Gasteiger partial charge is 0.480 e. The van der Waals surface area contributed by atoms with Crippen LogP contribution in [0, 0.1) is 0 Å². The molecule has 3 N–H and O–H groups in total. The van der Waals surface area contributed by atoms with Crippen LogP contribution < -0.4 is 10.6 Å². The highest BCUT2D eigenvalue weighted by atomic mass is 35.5. The molecular formula is C21H23Cl2N3O3. The first kappa shape index (κ1) is 21.4. The molecule has 1 unspecified atom stereocenters. The number of likely N-dealkylation sites (N-methyl/N-ethyl adjacent to an activating group) is 1. The van der Waals surface area contributed by atoms with Gasteiger partial charge in [0.05, 0.1) is 0 Å². The molecule has 1 heterocycles. The van der Waals surface area contributed by atoms with Gasteiger partial charge in [-0.3, -0.25) is 0 Å². The molecule has 2 amide bonds. The van der Waals surface area contributed by atoms with E-state index in [2.05, 4.69) is 15.5 Å². The highest BCUT2D eigenvalue weighted by Gasteiger charge is 2.27. The average molecular weight is 436 g/mol. The van der Waals surface area contributed by atoms with E-state index in [9.17, 15) is 9.59 Å². The van der Waals surface area contributed by atoms with E-state index in [1.807, 2.05) is 31.3 Å². The predicted molar refractivity (Wildman–Crippen MR) is 115 cm³/mol. The standard InChI is InChI=1S/C21H23Cl2N3O3/c1-3-19(20(27)28)25-21(29)24-14-6-4-5-12(7-14)16-10-26(2)11-17-15(16)8-13(22)9-18(17)23/h4-9,16,19H,3,10-11H2,1-2H3,(H,27,28)(H2,24,25,29)/t16-,19?/m0/s1. The molecule has 0 saturated heterocycles. The highest BCUT2D eigenvalue weighted by molar-refractivity contribution is 6.35. The third-order valence-corrected chi connectivity index (χ3v) is 5.61. The molecule has 2 atom stereocenters. The molecule has 1 aliphatic rings. The summed E-state index contributed by atoms with van der Waals surface area (Å²) in [5, 5.41) is 15.5. The summed E-state index contributed by atoms with van der Waals surface area (Å²) in [7, 11) is 2.03. The molecule has 0 aromatic heterocycles. The number of amides is 2. The van der Waals surface area contributed by atoms with Gasteiger partial charge in [-0.2, -0.15) is 0 Å². The predicted octanol–water partition coefficient (Wildman–Crippen LogP) is 4.56. The summed E-state index contributed by atoms with van der Waals surface area (Å²) in [5.74, 6) is -1.01. The van der Waals surface area contributed by atoms with Crippen molar-refractivity contribution in [1.29, 1.82) is 0 Å². The molecule has 6 nitrogen and oxygen atoms in total. The molecule has 0 fully saturated rings. The fourth-order valence-corrected chi connectivity index (χ4v) is 4.20. The Morgan fingerprint density at radius 1 is 1.28 bits per heavy atom. The van der Waals surface area contributed by atoms with Gasteiger partial charge in [-0.1, -0.05) is 42.3 Å². The normalized spacial score (nSPS) is 17.3. The van der Waals surface area contributed by atoms with Crippen molar-refractivity contribution in [2.45, 2.75) is 31.8 Å². The quantitative estimate of drug-likeness (QED) is 0.642. The van der Waals surface area contributed by atoms with E-state index in [1.54, 1.807) is 19.1 Å². The van der Waals surface area contributed by atoms with Gasteiger partial charge in [0.1, 0.15) is 6.04 Å². The zero-order chi connectivity index (χ0) is 21.1. The van der Waals surface area contributed by atoms with Crippen molar-refractivity contribution in [2.75, 3.05) is 18.9 Å². The maximum Gasteiger partial charge on any atom is 0.326 e. The number of rotatable bonds is 5. The molecule has 154 valence electrons. The third kappa shape index (κ3) is 5.01. The molecule has 2 aromatic rings. The van der Waals surface area contributed by atoms with Crippen molar-refractivity contribution < 1.29 is 14.7 Å². The van der Waals surface area contributed by atoms with Gasteiger partial charge in [0, 0.05) is 34.7 Å². The second-order valence-corrected chi connectivity index (χ2v) is 8.07. The number of urea groups is 1. The van der Waals surface area contributed by atoms with E-state index in [4.69, 9.17) is 28.3 Å². The van der Waals surface area contributed by atoms with Crippen LogP contribution >= 0.6 is 23.2 Å². The molecule has 8 heteroatoms. The third-order valence-electron chi connectivity index (χ3n) is 5.05. The maximum absolute atomic E-state index is 12.2. The Morgan fingerprint density at radius 2 is 2.03 bits per heavy atom. The van der Waals surface area contributed by atoms with Gasteiger partial charge in [0.15, 0.2) is 0 Å². The summed E-state index contributed by atoms with van der Waals surface area (Å²) in [4.78, 5) is 25.5. The molecule has 0 saturated carbocycles. The van der Waals surface area contributed by atoms with Crippen LogP contribution in [0.4, 0.5) is 10.5 Å². The molecule has 0 spiro atoms. The van der Waals surface area contributed by atoms with Crippen molar-refractivity contribution >= 4 is 40.9 Å². The Hall–Kier alpha value is -2.28. The van der Waals surface area contributed by atoms with Crippen LogP contribution in [0.1, 0.15) is 36.0 Å². The zero-order valence-corrected chi connectivity index (χ0v) is 17.7. The monoisotopic (exact) mass is 435 g/mol. The maximum atomic E-state index is 12.2. The van der Waals surface area contributed by atoms with E-state index in [1.165, 1.54) is 0 Å². The average Bonchev–Trinajstić information content (AvgIpc) is 2.66. The smallest absolute Gasteiger partial charge is 0.326 e. The molecule has 3 rings (SSSR count). The number of aliphatic carboxylic acids is 1. The summed E-state index contributed by atoms with van der Waals surface area (Å²) in [6.45, 7) is 3.24. The van der Waals surface area contributed by atoms with E-state index in [0.29, 0.717) is 22.2 Å². The van der Waals surface area contributed by atoms with Gasteiger partial charge in [0.2, 0.25) is 0 Å². The molecule has 0 aliphatic carbocycles. The fourth-order valence-electron chi connectivity index (χ4n) is 3.63. The summed E-state index contributed by atoms with van der Waals surface area (Å²) in [6.07, 6.45) is 0.301. The van der Waals surface area contributed by atoms with E-state index in [0.717, 1.165) is 29.8 Å². The summed E-state index contributed by atoms with van der Waals surface area (Å²) in [5.41, 5.74) is 3.74. The van der Waals surface area contributed by atoms with Crippen molar-refractivity contribution in [2.24, 2.45) is 0 Å². The number of nitrogens with one attached hydrogen (secondary N) is 2. The Balaban J connectivity index is 1.85. The van der Waals surface area contributed by atoms with Crippen molar-refractivity contribution in [1.82, 2.24) is 10.2 Å². The number of carboxylic acid groups (broad SMARTS) is 1. The lowest BCUT2D eigenvalue weighted by molar-refractivity contribution is -0.139. The summed E-state index contributed by atoms with van der Waals surface area (Å²) < 4.78 is 0. The minimum atomic E-state index is -1.06. The number of fused-ring (bicyclic) bond motifs is 1. The van der Waals surface area contributed by atoms with Crippen LogP contribution in [-0.2, 0) is 11.3 Å². The number of halogens is 2. The highest BCUT2D eigenvalue weighted by Crippen LogP contribution is 2.38. The van der Waals surface area contributed by atoms with Gasteiger partial charge in [-0.15, -0.1) is 0 Å². The Bertz CT molecular complexity index is 935. The number of carbonyl (C=O) groups excluding carboxylic acids is 1. The van der Waals surface area contributed by atoms with Crippen LogP contribution in [-0.4, -0.2) is 41.6 Å². The van der Waals surface area contributed by atoms with Gasteiger partial charge >= 0.3 is 12.0 Å². The lowest BCUT2D eigenvalue weighted by Crippen LogP contribution is -2.42. The van der Waals surface area contributed by atoms with Crippen LogP contribution in [0.15, 0.2) is 36.4 Å². The van der Waals surface area contributed by atoms with Crippen LogP contribution in [0.3, 0.4) is 0 Å².